The first-order valence-corrected chi connectivity index (χ1v) is 9.71. The second-order valence-corrected chi connectivity index (χ2v) is 7.95. The number of nitrogens with one attached hydrogen (secondary N) is 2. The molecule has 0 aromatic heterocycles. The molecule has 0 unspecified atom stereocenters. The molecule has 0 radical (unpaired) electrons. The number of imide groups is 1. The molecule has 3 rings (SSSR count). The molecule has 1 saturated carbocycles. The van der Waals surface area contributed by atoms with Gasteiger partial charge in [-0.15, -0.1) is 0 Å². The van der Waals surface area contributed by atoms with Gasteiger partial charge in [0, 0.05) is 3.57 Å². The van der Waals surface area contributed by atoms with E-state index in [0.29, 0.717) is 24.4 Å². The summed E-state index contributed by atoms with van der Waals surface area (Å²) in [5, 5.41) is 5.62. The van der Waals surface area contributed by atoms with E-state index in [-0.39, 0.29) is 18.4 Å². The molecule has 1 spiro atoms. The van der Waals surface area contributed by atoms with Crippen LogP contribution in [0.5, 0.6) is 0 Å². The van der Waals surface area contributed by atoms with E-state index in [2.05, 4.69) is 40.1 Å². The molecule has 0 bridgehead atoms. The van der Waals surface area contributed by atoms with Crippen LogP contribution in [0.3, 0.4) is 0 Å². The molecular formula is C18H22IN3O3. The summed E-state index contributed by atoms with van der Waals surface area (Å²) < 4.78 is 0.903. The Kier molecular flexibility index (Phi) is 5.31. The number of carbonyl (C=O) groups excluding carboxylic acids is 3. The number of benzene rings is 1. The SMILES string of the molecule is CCC1CCC2(CC1)NC(=O)N(CC(=O)Nc1ccccc1I)C2=O. The van der Waals surface area contributed by atoms with Crippen LogP contribution in [0.1, 0.15) is 39.0 Å². The Morgan fingerprint density at radius 1 is 1.32 bits per heavy atom. The molecule has 2 N–H and O–H groups in total. The van der Waals surface area contributed by atoms with Crippen molar-refractivity contribution in [3.05, 3.63) is 27.8 Å². The van der Waals surface area contributed by atoms with Gasteiger partial charge in [-0.3, -0.25) is 14.5 Å². The van der Waals surface area contributed by atoms with Crippen LogP contribution in [0.2, 0.25) is 0 Å². The topological polar surface area (TPSA) is 78.5 Å². The second-order valence-electron chi connectivity index (χ2n) is 6.78. The van der Waals surface area contributed by atoms with Gasteiger partial charge in [-0.05, 0) is 66.3 Å². The molecule has 25 heavy (non-hydrogen) atoms. The summed E-state index contributed by atoms with van der Waals surface area (Å²) in [4.78, 5) is 38.4. The van der Waals surface area contributed by atoms with E-state index in [1.54, 1.807) is 6.07 Å². The minimum absolute atomic E-state index is 0.255. The quantitative estimate of drug-likeness (QED) is 0.541. The Balaban J connectivity index is 1.65. The van der Waals surface area contributed by atoms with Crippen LogP contribution in [0.4, 0.5) is 10.5 Å². The van der Waals surface area contributed by atoms with Gasteiger partial charge in [0.25, 0.3) is 5.91 Å². The molecular weight excluding hydrogens is 433 g/mol. The molecule has 0 atom stereocenters. The first-order valence-electron chi connectivity index (χ1n) is 8.63. The number of urea groups is 1. The van der Waals surface area contributed by atoms with E-state index in [4.69, 9.17) is 0 Å². The highest BCUT2D eigenvalue weighted by Crippen LogP contribution is 2.37. The maximum Gasteiger partial charge on any atom is 0.325 e. The molecule has 134 valence electrons. The number of hydrogen-bond donors (Lipinski definition) is 2. The van der Waals surface area contributed by atoms with Crippen LogP contribution in [0.25, 0.3) is 0 Å². The molecule has 1 aromatic carbocycles. The summed E-state index contributed by atoms with van der Waals surface area (Å²) in [7, 11) is 0. The van der Waals surface area contributed by atoms with Gasteiger partial charge in [-0.2, -0.15) is 0 Å². The summed E-state index contributed by atoms with van der Waals surface area (Å²) in [6, 6.07) is 6.92. The number of carbonyl (C=O) groups is 3. The summed E-state index contributed by atoms with van der Waals surface area (Å²) in [6.45, 7) is 1.90. The van der Waals surface area contributed by atoms with E-state index < -0.39 is 11.6 Å². The Bertz CT molecular complexity index is 699. The van der Waals surface area contributed by atoms with Crippen molar-refractivity contribution in [2.24, 2.45) is 5.92 Å². The average molecular weight is 455 g/mol. The van der Waals surface area contributed by atoms with Gasteiger partial charge >= 0.3 is 6.03 Å². The molecule has 1 heterocycles. The predicted octanol–water partition coefficient (Wildman–Crippen LogP) is 3.12. The highest BCUT2D eigenvalue weighted by Gasteiger charge is 2.52. The molecule has 2 fully saturated rings. The predicted molar refractivity (Wildman–Crippen MR) is 103 cm³/mol. The van der Waals surface area contributed by atoms with Crippen molar-refractivity contribution in [1.82, 2.24) is 10.2 Å². The molecule has 1 aliphatic heterocycles. The highest BCUT2D eigenvalue weighted by atomic mass is 127. The molecule has 1 saturated heterocycles. The van der Waals surface area contributed by atoms with Gasteiger partial charge in [0.2, 0.25) is 5.91 Å². The largest absolute Gasteiger partial charge is 0.325 e. The van der Waals surface area contributed by atoms with E-state index in [1.165, 1.54) is 0 Å². The van der Waals surface area contributed by atoms with Crippen LogP contribution < -0.4 is 10.6 Å². The number of nitrogens with zero attached hydrogens (tertiary/aromatic N) is 1. The fraction of sp³-hybridized carbons (Fsp3) is 0.500. The zero-order chi connectivity index (χ0) is 18.0. The fourth-order valence-corrected chi connectivity index (χ4v) is 4.16. The number of para-hydroxylation sites is 1. The summed E-state index contributed by atoms with van der Waals surface area (Å²) in [5.41, 5.74) is -0.122. The molecule has 2 aliphatic rings. The lowest BCUT2D eigenvalue weighted by molar-refractivity contribution is -0.135. The first-order chi connectivity index (χ1) is 11.9. The third kappa shape index (κ3) is 3.65. The fourth-order valence-electron chi connectivity index (χ4n) is 3.63. The van der Waals surface area contributed by atoms with Gasteiger partial charge < -0.3 is 10.6 Å². The second kappa shape index (κ2) is 7.31. The molecule has 1 aromatic rings. The van der Waals surface area contributed by atoms with Gasteiger partial charge in [-0.25, -0.2) is 4.79 Å². The van der Waals surface area contributed by atoms with Crippen molar-refractivity contribution in [3.8, 4) is 0 Å². The van der Waals surface area contributed by atoms with Crippen LogP contribution >= 0.6 is 22.6 Å². The third-order valence-electron chi connectivity index (χ3n) is 5.23. The molecule has 4 amide bonds. The maximum atomic E-state index is 12.8. The highest BCUT2D eigenvalue weighted by molar-refractivity contribution is 14.1. The van der Waals surface area contributed by atoms with Gasteiger partial charge in [0.1, 0.15) is 12.1 Å². The van der Waals surface area contributed by atoms with Crippen LogP contribution in [0.15, 0.2) is 24.3 Å². The van der Waals surface area contributed by atoms with Crippen molar-refractivity contribution >= 4 is 46.1 Å². The van der Waals surface area contributed by atoms with Crippen LogP contribution in [-0.4, -0.2) is 34.8 Å². The Hall–Kier alpha value is -1.64. The van der Waals surface area contributed by atoms with E-state index in [0.717, 1.165) is 27.7 Å². The van der Waals surface area contributed by atoms with E-state index >= 15 is 0 Å². The average Bonchev–Trinajstić information content (AvgIpc) is 2.82. The standard InChI is InChI=1S/C18H22IN3O3/c1-2-12-7-9-18(10-8-12)16(24)22(17(25)21-18)11-15(23)20-14-6-4-3-5-13(14)19/h3-6,12H,2,7-11H2,1H3,(H,20,23)(H,21,25). The Morgan fingerprint density at radius 2 is 2.00 bits per heavy atom. The van der Waals surface area contributed by atoms with Crippen molar-refractivity contribution in [2.75, 3.05) is 11.9 Å². The Labute approximate surface area is 160 Å². The number of halogens is 1. The number of anilines is 1. The number of amides is 4. The minimum atomic E-state index is -0.801. The van der Waals surface area contributed by atoms with E-state index in [9.17, 15) is 14.4 Å². The van der Waals surface area contributed by atoms with Gasteiger partial charge in [0.05, 0.1) is 5.69 Å². The lowest BCUT2D eigenvalue weighted by atomic mass is 9.75. The molecule has 6 nitrogen and oxygen atoms in total. The normalized spacial score (nSPS) is 26.0. The number of hydrogen-bond acceptors (Lipinski definition) is 3. The zero-order valence-corrected chi connectivity index (χ0v) is 16.3. The zero-order valence-electron chi connectivity index (χ0n) is 14.2. The third-order valence-corrected chi connectivity index (χ3v) is 6.17. The van der Waals surface area contributed by atoms with Crippen molar-refractivity contribution in [2.45, 2.75) is 44.6 Å². The summed E-state index contributed by atoms with van der Waals surface area (Å²) in [6.07, 6.45) is 4.28. The Morgan fingerprint density at radius 3 is 2.64 bits per heavy atom. The first kappa shape index (κ1) is 18.2. The maximum absolute atomic E-state index is 12.8. The summed E-state index contributed by atoms with van der Waals surface area (Å²) >= 11 is 2.13. The van der Waals surface area contributed by atoms with Gasteiger partial charge in [0.15, 0.2) is 0 Å². The van der Waals surface area contributed by atoms with E-state index in [1.807, 2.05) is 18.2 Å². The number of rotatable bonds is 4. The van der Waals surface area contributed by atoms with Crippen molar-refractivity contribution in [3.63, 3.8) is 0 Å². The molecule has 1 aliphatic carbocycles. The lowest BCUT2D eigenvalue weighted by Crippen LogP contribution is -2.49. The van der Waals surface area contributed by atoms with Crippen LogP contribution in [0, 0.1) is 9.49 Å². The monoisotopic (exact) mass is 455 g/mol. The van der Waals surface area contributed by atoms with Crippen LogP contribution in [-0.2, 0) is 9.59 Å². The minimum Gasteiger partial charge on any atom is -0.324 e. The summed E-state index contributed by atoms with van der Waals surface area (Å²) in [5.74, 6) is -0.00953. The molecule has 7 heteroatoms. The lowest BCUT2D eigenvalue weighted by Gasteiger charge is -2.34. The smallest absolute Gasteiger partial charge is 0.324 e. The van der Waals surface area contributed by atoms with Crippen molar-refractivity contribution < 1.29 is 14.4 Å². The van der Waals surface area contributed by atoms with Crippen molar-refractivity contribution in [1.29, 1.82) is 0 Å². The van der Waals surface area contributed by atoms with Gasteiger partial charge in [-0.1, -0.05) is 25.5 Å².